The van der Waals surface area contributed by atoms with Gasteiger partial charge in [-0.3, -0.25) is 4.79 Å². The van der Waals surface area contributed by atoms with Crippen LogP contribution in [0.25, 0.3) is 0 Å². The quantitative estimate of drug-likeness (QED) is 0.686. The van der Waals surface area contributed by atoms with Gasteiger partial charge in [0.2, 0.25) is 15.9 Å². The van der Waals surface area contributed by atoms with Gasteiger partial charge >= 0.3 is 0 Å². The molecule has 1 aliphatic heterocycles. The molecule has 2 heterocycles. The third-order valence-electron chi connectivity index (χ3n) is 4.75. The van der Waals surface area contributed by atoms with Gasteiger partial charge in [0, 0.05) is 19.3 Å². The number of piperidine rings is 1. The number of aromatic nitrogens is 1. The molecular weight excluding hydrogens is 406 g/mol. The van der Waals surface area contributed by atoms with Crippen molar-refractivity contribution in [2.75, 3.05) is 31.6 Å². The van der Waals surface area contributed by atoms with E-state index in [1.807, 2.05) is 6.92 Å². The van der Waals surface area contributed by atoms with E-state index in [1.54, 1.807) is 31.3 Å². The number of hydrogen-bond acceptors (Lipinski definition) is 6. The van der Waals surface area contributed by atoms with Crippen LogP contribution in [0.5, 0.6) is 11.6 Å². The molecule has 30 heavy (non-hydrogen) atoms. The van der Waals surface area contributed by atoms with Gasteiger partial charge in [0.25, 0.3) is 5.91 Å². The summed E-state index contributed by atoms with van der Waals surface area (Å²) in [6, 6.07) is 7.77. The first-order chi connectivity index (χ1) is 14.5. The monoisotopic (exact) mass is 433 g/mol. The number of sulfonamides is 1. The maximum atomic E-state index is 13.0. The van der Waals surface area contributed by atoms with Crippen LogP contribution in [-0.2, 0) is 10.0 Å². The van der Waals surface area contributed by atoms with E-state index in [1.165, 1.54) is 16.4 Å². The summed E-state index contributed by atoms with van der Waals surface area (Å²) in [4.78, 5) is 17.1. The summed E-state index contributed by atoms with van der Waals surface area (Å²) in [7, 11) is -3.64. The molecule has 0 bridgehead atoms. The minimum absolute atomic E-state index is 0.124. The number of nitrogens with zero attached hydrogens (tertiary/aromatic N) is 2. The van der Waals surface area contributed by atoms with Crippen LogP contribution in [0.15, 0.2) is 41.4 Å². The summed E-state index contributed by atoms with van der Waals surface area (Å²) in [5.74, 6) is 0.151. The Labute approximate surface area is 177 Å². The van der Waals surface area contributed by atoms with Gasteiger partial charge in [-0.15, -0.1) is 0 Å². The maximum absolute atomic E-state index is 13.0. The van der Waals surface area contributed by atoms with E-state index in [0.717, 1.165) is 19.3 Å². The highest BCUT2D eigenvalue weighted by molar-refractivity contribution is 7.89. The highest BCUT2D eigenvalue weighted by Gasteiger charge is 2.27. The van der Waals surface area contributed by atoms with E-state index < -0.39 is 15.9 Å². The second-order valence-corrected chi connectivity index (χ2v) is 8.74. The van der Waals surface area contributed by atoms with Crippen molar-refractivity contribution in [1.29, 1.82) is 0 Å². The first-order valence-corrected chi connectivity index (χ1v) is 11.6. The van der Waals surface area contributed by atoms with Crippen molar-refractivity contribution in [3.63, 3.8) is 0 Å². The van der Waals surface area contributed by atoms with Crippen LogP contribution < -0.4 is 14.8 Å². The number of nitrogens with one attached hydrogen (secondary N) is 1. The molecule has 9 heteroatoms. The zero-order valence-electron chi connectivity index (χ0n) is 17.3. The van der Waals surface area contributed by atoms with Crippen LogP contribution in [0, 0.1) is 0 Å². The number of rotatable bonds is 8. The van der Waals surface area contributed by atoms with Crippen LogP contribution in [0.2, 0.25) is 0 Å². The third-order valence-corrected chi connectivity index (χ3v) is 6.64. The van der Waals surface area contributed by atoms with E-state index in [4.69, 9.17) is 9.47 Å². The van der Waals surface area contributed by atoms with Crippen LogP contribution in [-0.4, -0.2) is 49.9 Å². The molecular formula is C21H27N3O5S. The predicted molar refractivity (Wildman–Crippen MR) is 114 cm³/mol. The fraction of sp³-hybridized carbons (Fsp3) is 0.429. The van der Waals surface area contributed by atoms with Crippen molar-refractivity contribution in [2.45, 2.75) is 38.0 Å². The summed E-state index contributed by atoms with van der Waals surface area (Å²) >= 11 is 0. The largest absolute Gasteiger partial charge is 0.492 e. The summed E-state index contributed by atoms with van der Waals surface area (Å²) in [5, 5.41) is 2.76. The second-order valence-electron chi connectivity index (χ2n) is 6.80. The van der Waals surface area contributed by atoms with Crippen molar-refractivity contribution >= 4 is 21.6 Å². The molecule has 0 unspecified atom stereocenters. The minimum atomic E-state index is -3.64. The maximum Gasteiger partial charge on any atom is 0.261 e. The molecule has 1 fully saturated rings. The minimum Gasteiger partial charge on any atom is -0.492 e. The van der Waals surface area contributed by atoms with Crippen LogP contribution in [0.4, 0.5) is 5.69 Å². The Balaban J connectivity index is 1.93. The molecule has 1 aromatic heterocycles. The molecule has 0 saturated carbocycles. The van der Waals surface area contributed by atoms with Gasteiger partial charge in [0.05, 0.1) is 23.8 Å². The third kappa shape index (κ3) is 4.91. The molecule has 1 N–H and O–H groups in total. The van der Waals surface area contributed by atoms with Gasteiger partial charge in [-0.25, -0.2) is 13.4 Å². The second kappa shape index (κ2) is 9.90. The van der Waals surface area contributed by atoms with E-state index in [0.29, 0.717) is 32.1 Å². The number of amides is 1. The highest BCUT2D eigenvalue weighted by Crippen LogP contribution is 2.31. The molecule has 3 rings (SSSR count). The van der Waals surface area contributed by atoms with Crippen molar-refractivity contribution < 1.29 is 22.7 Å². The first-order valence-electron chi connectivity index (χ1n) is 10.1. The number of carbonyl (C=O) groups excluding carboxylic acids is 1. The Kier molecular flexibility index (Phi) is 7.28. The van der Waals surface area contributed by atoms with Crippen molar-refractivity contribution in [1.82, 2.24) is 9.29 Å². The lowest BCUT2D eigenvalue weighted by Gasteiger charge is -2.26. The molecule has 0 atom stereocenters. The van der Waals surface area contributed by atoms with Crippen LogP contribution in [0.3, 0.4) is 0 Å². The van der Waals surface area contributed by atoms with E-state index in [9.17, 15) is 13.2 Å². The standard InChI is InChI=1S/C21H27N3O5S/c1-3-28-19-11-10-16(30(26,27)24-13-6-5-7-14-24)15-18(19)23-20(25)17-9-8-12-22-21(17)29-4-2/h8-12,15H,3-7,13-14H2,1-2H3,(H,23,25). The molecule has 8 nitrogen and oxygen atoms in total. The first kappa shape index (κ1) is 22.0. The molecule has 0 spiro atoms. The fourth-order valence-electron chi connectivity index (χ4n) is 3.31. The van der Waals surface area contributed by atoms with Gasteiger partial charge in [0.1, 0.15) is 11.3 Å². The normalized spacial score (nSPS) is 14.9. The molecule has 1 aromatic carbocycles. The van der Waals surface area contributed by atoms with Crippen molar-refractivity contribution in [3.05, 3.63) is 42.1 Å². The Hall–Kier alpha value is -2.65. The lowest BCUT2D eigenvalue weighted by molar-refractivity contribution is 0.102. The zero-order valence-corrected chi connectivity index (χ0v) is 18.1. The molecule has 162 valence electrons. The van der Waals surface area contributed by atoms with Crippen LogP contribution in [0.1, 0.15) is 43.5 Å². The molecule has 1 amide bonds. The van der Waals surface area contributed by atoms with Gasteiger partial charge in [-0.2, -0.15) is 4.31 Å². The van der Waals surface area contributed by atoms with Crippen molar-refractivity contribution in [2.24, 2.45) is 0 Å². The van der Waals surface area contributed by atoms with Crippen LogP contribution >= 0.6 is 0 Å². The molecule has 1 aliphatic rings. The van der Waals surface area contributed by atoms with Gasteiger partial charge < -0.3 is 14.8 Å². The Morgan fingerprint density at radius 2 is 1.83 bits per heavy atom. The lowest BCUT2D eigenvalue weighted by Crippen LogP contribution is -2.35. The Morgan fingerprint density at radius 3 is 2.53 bits per heavy atom. The number of pyridine rings is 1. The average molecular weight is 434 g/mol. The molecule has 2 aromatic rings. The van der Waals surface area contributed by atoms with E-state index >= 15 is 0 Å². The van der Waals surface area contributed by atoms with Gasteiger partial charge in [0.15, 0.2) is 0 Å². The highest BCUT2D eigenvalue weighted by atomic mass is 32.2. The number of anilines is 1. The molecule has 0 aliphatic carbocycles. The molecule has 1 saturated heterocycles. The van der Waals surface area contributed by atoms with Crippen molar-refractivity contribution in [3.8, 4) is 11.6 Å². The SMILES string of the molecule is CCOc1ccc(S(=O)(=O)N2CCCCC2)cc1NC(=O)c1cccnc1OCC. The van der Waals surface area contributed by atoms with E-state index in [2.05, 4.69) is 10.3 Å². The number of ether oxygens (including phenoxy) is 2. The topological polar surface area (TPSA) is 97.8 Å². The lowest BCUT2D eigenvalue weighted by atomic mass is 10.2. The smallest absolute Gasteiger partial charge is 0.261 e. The van der Waals surface area contributed by atoms with E-state index in [-0.39, 0.29) is 22.0 Å². The number of hydrogen-bond donors (Lipinski definition) is 1. The fourth-order valence-corrected chi connectivity index (χ4v) is 4.85. The number of carbonyl (C=O) groups is 1. The Morgan fingerprint density at radius 1 is 1.10 bits per heavy atom. The van der Waals surface area contributed by atoms with Gasteiger partial charge in [-0.1, -0.05) is 6.42 Å². The van der Waals surface area contributed by atoms with Gasteiger partial charge in [-0.05, 0) is 57.0 Å². The summed E-state index contributed by atoms with van der Waals surface area (Å²) in [6.07, 6.45) is 4.27. The Bertz CT molecular complexity index is 988. The summed E-state index contributed by atoms with van der Waals surface area (Å²) in [6.45, 7) is 5.37. The zero-order chi connectivity index (χ0) is 21.6. The summed E-state index contributed by atoms with van der Waals surface area (Å²) in [5.41, 5.74) is 0.539. The summed E-state index contributed by atoms with van der Waals surface area (Å²) < 4.78 is 38.6. The molecule has 0 radical (unpaired) electrons. The predicted octanol–water partition coefficient (Wildman–Crippen LogP) is 3.31. The average Bonchev–Trinajstić information content (AvgIpc) is 2.76. The number of benzene rings is 1.